The molecule has 1 aliphatic heterocycles. The first-order valence-corrected chi connectivity index (χ1v) is 13.6. The molecule has 3 aromatic carbocycles. The van der Waals surface area contributed by atoms with Gasteiger partial charge in [-0.15, -0.1) is 0 Å². The smallest absolute Gasteiger partial charge is 0.344 e. The van der Waals surface area contributed by atoms with Crippen molar-refractivity contribution in [2.75, 3.05) is 12.0 Å². The largest absolute Gasteiger partial charge is 0.507 e. The molecule has 5 aromatic rings. The molecule has 0 amide bonds. The summed E-state index contributed by atoms with van der Waals surface area (Å²) < 4.78 is 11.1. The van der Waals surface area contributed by atoms with Crippen LogP contribution in [0.25, 0.3) is 21.9 Å². The van der Waals surface area contributed by atoms with E-state index >= 15 is 0 Å². The number of Topliss-reactive ketones (excluding diaryl/α,β-unsaturated/α-hetero) is 1. The van der Waals surface area contributed by atoms with Gasteiger partial charge in [-0.2, -0.15) is 0 Å². The van der Waals surface area contributed by atoms with Gasteiger partial charge < -0.3 is 14.3 Å². The van der Waals surface area contributed by atoms with Crippen molar-refractivity contribution >= 4 is 39.2 Å². The van der Waals surface area contributed by atoms with Crippen molar-refractivity contribution in [1.82, 2.24) is 4.98 Å². The van der Waals surface area contributed by atoms with Gasteiger partial charge in [0, 0.05) is 34.3 Å². The minimum Gasteiger partial charge on any atom is -0.507 e. The summed E-state index contributed by atoms with van der Waals surface area (Å²) in [7, 11) is 1.62. The van der Waals surface area contributed by atoms with Crippen LogP contribution < -0.4 is 15.3 Å². The van der Waals surface area contributed by atoms with Gasteiger partial charge >= 0.3 is 5.63 Å². The number of nitrogens with zero attached hydrogens (tertiary/aromatic N) is 2. The second-order valence-electron chi connectivity index (χ2n) is 11.5. The van der Waals surface area contributed by atoms with Crippen LogP contribution in [0.3, 0.4) is 0 Å². The molecule has 1 atom stereocenters. The van der Waals surface area contributed by atoms with E-state index in [-0.39, 0.29) is 28.1 Å². The minimum atomic E-state index is -0.851. The molecule has 7 nitrogen and oxygen atoms in total. The first-order valence-electron chi connectivity index (χ1n) is 13.6. The number of aromatic hydroxyl groups is 1. The first kappa shape index (κ1) is 25.1. The Balaban J connectivity index is 1.60. The molecule has 2 aromatic heterocycles. The summed E-state index contributed by atoms with van der Waals surface area (Å²) in [5.41, 5.74) is 2.86. The Bertz CT molecular complexity index is 1970. The second-order valence-corrected chi connectivity index (χ2v) is 11.5. The molecule has 41 heavy (non-hydrogen) atoms. The zero-order chi connectivity index (χ0) is 28.5. The van der Waals surface area contributed by atoms with Gasteiger partial charge in [-0.1, -0.05) is 44.2 Å². The average molecular weight is 545 g/mol. The lowest BCUT2D eigenvalue weighted by atomic mass is 9.68. The molecule has 7 heteroatoms. The minimum absolute atomic E-state index is 0.0527. The van der Waals surface area contributed by atoms with Crippen LogP contribution >= 0.6 is 0 Å². The molecule has 1 aliphatic carbocycles. The number of benzene rings is 3. The van der Waals surface area contributed by atoms with E-state index in [1.807, 2.05) is 59.5 Å². The summed E-state index contributed by atoms with van der Waals surface area (Å²) in [5, 5.41) is 12.9. The lowest BCUT2D eigenvalue weighted by Gasteiger charge is -2.44. The molecule has 0 radical (unpaired) electrons. The lowest BCUT2D eigenvalue weighted by Crippen LogP contribution is -2.39. The molecule has 1 N–H and O–H groups in total. The topological polar surface area (TPSA) is 92.9 Å². The molecular weight excluding hydrogens is 516 g/mol. The number of hydrogen-bond donors (Lipinski definition) is 1. The number of ketones is 1. The number of hydrogen-bond acceptors (Lipinski definition) is 7. The van der Waals surface area contributed by atoms with Crippen molar-refractivity contribution in [2.45, 2.75) is 32.6 Å². The van der Waals surface area contributed by atoms with Crippen molar-refractivity contribution in [3.05, 3.63) is 112 Å². The third-order valence-corrected chi connectivity index (χ3v) is 8.15. The van der Waals surface area contributed by atoms with Gasteiger partial charge in [-0.05, 0) is 60.4 Å². The highest BCUT2D eigenvalue weighted by molar-refractivity contribution is 6.04. The number of ether oxygens (including phenoxy) is 1. The quantitative estimate of drug-likeness (QED) is 0.245. The number of carbonyl (C=O) groups is 1. The normalized spacial score (nSPS) is 18.0. The molecule has 0 saturated carbocycles. The average Bonchev–Trinajstić information content (AvgIpc) is 2.95. The van der Waals surface area contributed by atoms with Crippen LogP contribution in [0.1, 0.15) is 43.7 Å². The molecule has 7 rings (SSSR count). The Hall–Kier alpha value is -4.91. The number of carbonyl (C=O) groups excluding carboxylic acids is 1. The van der Waals surface area contributed by atoms with E-state index < -0.39 is 11.5 Å². The number of methoxy groups -OCH3 is 1. The predicted octanol–water partition coefficient (Wildman–Crippen LogP) is 6.98. The van der Waals surface area contributed by atoms with E-state index in [1.54, 1.807) is 31.4 Å². The Kier molecular flexibility index (Phi) is 5.54. The number of aromatic nitrogens is 1. The molecular formula is C34H28N2O5. The highest BCUT2D eigenvalue weighted by Gasteiger charge is 2.46. The van der Waals surface area contributed by atoms with Crippen molar-refractivity contribution in [2.24, 2.45) is 5.41 Å². The van der Waals surface area contributed by atoms with Gasteiger partial charge in [-0.25, -0.2) is 9.78 Å². The summed E-state index contributed by atoms with van der Waals surface area (Å²) in [6.07, 6.45) is 0.888. The van der Waals surface area contributed by atoms with Crippen LogP contribution in [0, 0.1) is 5.41 Å². The van der Waals surface area contributed by atoms with E-state index in [9.17, 15) is 14.7 Å². The fourth-order valence-corrected chi connectivity index (χ4v) is 6.34. The predicted molar refractivity (Wildman–Crippen MR) is 158 cm³/mol. The van der Waals surface area contributed by atoms with Gasteiger partial charge in [0.15, 0.2) is 5.78 Å². The van der Waals surface area contributed by atoms with Crippen LogP contribution in [0.15, 0.2) is 99.3 Å². The summed E-state index contributed by atoms with van der Waals surface area (Å²) in [5.74, 6) is 0.225. The standard InChI is InChI=1S/C34H28N2O5/c1-34(2)17-25-29(26(37)18-34)28(30-31(38)22-9-5-7-11-27(22)41-33(30)39)23-16-19-8-4-6-10-24(19)35-32(23)36(25)20-12-14-21(40-3)15-13-20/h4-16,28,38H,17-18H2,1-3H3. The molecule has 2 aliphatic rings. The Morgan fingerprint density at radius 3 is 2.49 bits per heavy atom. The summed E-state index contributed by atoms with van der Waals surface area (Å²) >= 11 is 0. The second kappa shape index (κ2) is 9.06. The maximum Gasteiger partial charge on any atom is 0.344 e. The number of fused-ring (bicyclic) bond motifs is 3. The van der Waals surface area contributed by atoms with Crippen molar-refractivity contribution in [1.29, 1.82) is 0 Å². The molecule has 204 valence electrons. The van der Waals surface area contributed by atoms with Crippen molar-refractivity contribution in [3.8, 4) is 11.5 Å². The summed E-state index contributed by atoms with van der Waals surface area (Å²) in [6, 6.07) is 24.3. The third kappa shape index (κ3) is 3.91. The van der Waals surface area contributed by atoms with Crippen LogP contribution in [-0.4, -0.2) is 23.0 Å². The van der Waals surface area contributed by atoms with Crippen LogP contribution in [0.5, 0.6) is 11.5 Å². The van der Waals surface area contributed by atoms with Gasteiger partial charge in [0.2, 0.25) is 0 Å². The number of para-hydroxylation sites is 2. The lowest BCUT2D eigenvalue weighted by molar-refractivity contribution is -0.118. The number of allylic oxidation sites excluding steroid dienone is 2. The van der Waals surface area contributed by atoms with Gasteiger partial charge in [-0.3, -0.25) is 9.69 Å². The van der Waals surface area contributed by atoms with E-state index in [1.165, 1.54) is 0 Å². The fourth-order valence-electron chi connectivity index (χ4n) is 6.34. The summed E-state index contributed by atoms with van der Waals surface area (Å²) in [4.78, 5) is 34.9. The first-order chi connectivity index (χ1) is 19.8. The van der Waals surface area contributed by atoms with Gasteiger partial charge in [0.25, 0.3) is 0 Å². The molecule has 0 fully saturated rings. The number of pyridine rings is 1. The van der Waals surface area contributed by atoms with Crippen molar-refractivity contribution < 1.29 is 19.1 Å². The van der Waals surface area contributed by atoms with Crippen LogP contribution in [0.2, 0.25) is 0 Å². The van der Waals surface area contributed by atoms with E-state index in [0.717, 1.165) is 22.3 Å². The monoisotopic (exact) mass is 544 g/mol. The van der Waals surface area contributed by atoms with E-state index in [0.29, 0.717) is 40.9 Å². The number of rotatable bonds is 3. The van der Waals surface area contributed by atoms with Gasteiger partial charge in [0.05, 0.1) is 29.5 Å². The Labute approximate surface area is 236 Å². The van der Waals surface area contributed by atoms with E-state index in [4.69, 9.17) is 14.1 Å². The highest BCUT2D eigenvalue weighted by atomic mass is 16.5. The molecule has 0 saturated heterocycles. The van der Waals surface area contributed by atoms with E-state index in [2.05, 4.69) is 13.8 Å². The zero-order valence-corrected chi connectivity index (χ0v) is 23.0. The molecule has 0 bridgehead atoms. The highest BCUT2D eigenvalue weighted by Crippen LogP contribution is 2.54. The number of anilines is 2. The van der Waals surface area contributed by atoms with Crippen LogP contribution in [0.4, 0.5) is 11.5 Å². The summed E-state index contributed by atoms with van der Waals surface area (Å²) in [6.45, 7) is 4.14. The molecule has 3 heterocycles. The van der Waals surface area contributed by atoms with Crippen LogP contribution in [-0.2, 0) is 4.79 Å². The zero-order valence-electron chi connectivity index (χ0n) is 23.0. The maximum atomic E-state index is 14.1. The maximum absolute atomic E-state index is 14.1. The van der Waals surface area contributed by atoms with Crippen molar-refractivity contribution in [3.63, 3.8) is 0 Å². The fraction of sp³-hybridized carbons (Fsp3) is 0.206. The Morgan fingerprint density at radius 2 is 1.71 bits per heavy atom. The molecule has 1 unspecified atom stereocenters. The molecule has 0 spiro atoms. The Morgan fingerprint density at radius 1 is 0.976 bits per heavy atom. The SMILES string of the molecule is COc1ccc(N2C3=C(C(=O)CC(C)(C)C3)C(c3c(O)c4ccccc4oc3=O)c3cc4ccccc4nc32)cc1. The third-order valence-electron chi connectivity index (χ3n) is 8.15. The van der Waals surface area contributed by atoms with Gasteiger partial charge in [0.1, 0.15) is 22.9 Å².